The van der Waals surface area contributed by atoms with E-state index in [1.807, 2.05) is 4.90 Å². The van der Waals surface area contributed by atoms with Gasteiger partial charge in [-0.1, -0.05) is 49.6 Å². The van der Waals surface area contributed by atoms with Gasteiger partial charge in [-0.3, -0.25) is 4.79 Å². The SMILES string of the molecule is O=C(CCC1CCCC1)N=C1S[C@@H]2CS(=O)(=O)C[C@@H]2N1Cc1ccc(F)cc1. The van der Waals surface area contributed by atoms with Crippen LogP contribution in [0.1, 0.15) is 44.1 Å². The normalized spacial score (nSPS) is 28.2. The summed E-state index contributed by atoms with van der Waals surface area (Å²) in [5, 5.41) is 0.525. The quantitative estimate of drug-likeness (QED) is 0.725. The number of amides is 1. The third kappa shape index (κ3) is 4.59. The second-order valence-corrected chi connectivity index (χ2v) is 11.4. The standard InChI is InChI=1S/C20H25FN2O3S2/c21-16-8-5-15(6-9-16)11-23-17-12-28(25,26)13-18(17)27-20(23)22-19(24)10-7-14-3-1-2-4-14/h5-6,8-9,14,17-18H,1-4,7,10-13H2/t17-,18+/m0/s1. The van der Waals surface area contributed by atoms with Crippen LogP contribution in [0.5, 0.6) is 0 Å². The van der Waals surface area contributed by atoms with Gasteiger partial charge in [0, 0.05) is 18.2 Å². The summed E-state index contributed by atoms with van der Waals surface area (Å²) >= 11 is 1.40. The molecule has 3 fully saturated rings. The van der Waals surface area contributed by atoms with E-state index < -0.39 is 9.84 Å². The number of rotatable bonds is 5. The number of aliphatic imine (C=N–C) groups is 1. The lowest BCUT2D eigenvalue weighted by molar-refractivity contribution is -0.118. The van der Waals surface area contributed by atoms with Gasteiger partial charge < -0.3 is 4.90 Å². The molecular formula is C20H25FN2O3S2. The van der Waals surface area contributed by atoms with Gasteiger partial charge in [0.15, 0.2) is 15.0 Å². The van der Waals surface area contributed by atoms with Gasteiger partial charge in [0.25, 0.3) is 0 Å². The molecule has 0 N–H and O–H groups in total. The number of halogens is 1. The molecule has 2 atom stereocenters. The number of hydrogen-bond donors (Lipinski definition) is 0. The van der Waals surface area contributed by atoms with Gasteiger partial charge in [-0.25, -0.2) is 12.8 Å². The third-order valence-electron chi connectivity index (χ3n) is 5.90. The van der Waals surface area contributed by atoms with Crippen LogP contribution in [0, 0.1) is 11.7 Å². The first kappa shape index (κ1) is 19.9. The molecule has 1 saturated carbocycles. The fraction of sp³-hybridized carbons (Fsp3) is 0.600. The van der Waals surface area contributed by atoms with Crippen LogP contribution in [0.2, 0.25) is 0 Å². The summed E-state index contributed by atoms with van der Waals surface area (Å²) in [4.78, 5) is 18.7. The van der Waals surface area contributed by atoms with Gasteiger partial charge in [0.05, 0.1) is 17.5 Å². The molecule has 2 saturated heterocycles. The van der Waals surface area contributed by atoms with E-state index in [-0.39, 0.29) is 34.5 Å². The van der Waals surface area contributed by atoms with E-state index in [0.717, 1.165) is 12.0 Å². The number of hydrogen-bond acceptors (Lipinski definition) is 4. The third-order valence-corrected chi connectivity index (χ3v) is 9.15. The Morgan fingerprint density at radius 3 is 2.61 bits per heavy atom. The van der Waals surface area contributed by atoms with Crippen molar-refractivity contribution in [2.45, 2.75) is 56.4 Å². The molecule has 1 amide bonds. The summed E-state index contributed by atoms with van der Waals surface area (Å²) in [6.45, 7) is 0.429. The highest BCUT2D eigenvalue weighted by Crippen LogP contribution is 2.39. The molecule has 2 aliphatic heterocycles. The molecule has 0 unspecified atom stereocenters. The number of carbonyl (C=O) groups excluding carboxylic acids is 1. The molecule has 0 aromatic heterocycles. The van der Waals surface area contributed by atoms with Crippen LogP contribution in [0.25, 0.3) is 0 Å². The van der Waals surface area contributed by atoms with E-state index in [4.69, 9.17) is 0 Å². The molecular weight excluding hydrogens is 399 g/mol. The van der Waals surface area contributed by atoms with Gasteiger partial charge in [-0.15, -0.1) is 0 Å². The second kappa shape index (κ2) is 8.14. The highest BCUT2D eigenvalue weighted by atomic mass is 32.2. The van der Waals surface area contributed by atoms with E-state index in [2.05, 4.69) is 4.99 Å². The number of nitrogens with zero attached hydrogens (tertiary/aromatic N) is 2. The van der Waals surface area contributed by atoms with Gasteiger partial charge in [-0.2, -0.15) is 4.99 Å². The van der Waals surface area contributed by atoms with Crippen LogP contribution in [0.4, 0.5) is 4.39 Å². The molecule has 1 aromatic carbocycles. The number of benzene rings is 1. The predicted molar refractivity (Wildman–Crippen MR) is 109 cm³/mol. The summed E-state index contributed by atoms with van der Waals surface area (Å²) in [5.74, 6) is 0.414. The van der Waals surface area contributed by atoms with Crippen molar-refractivity contribution in [2.24, 2.45) is 10.9 Å². The van der Waals surface area contributed by atoms with Crippen molar-refractivity contribution in [3.8, 4) is 0 Å². The number of carbonyl (C=O) groups is 1. The van der Waals surface area contributed by atoms with Crippen LogP contribution in [0.15, 0.2) is 29.3 Å². The number of thioether (sulfide) groups is 1. The van der Waals surface area contributed by atoms with E-state index in [0.29, 0.717) is 24.1 Å². The van der Waals surface area contributed by atoms with Crippen LogP contribution in [-0.2, 0) is 21.2 Å². The molecule has 5 nitrogen and oxygen atoms in total. The van der Waals surface area contributed by atoms with Crippen LogP contribution in [0.3, 0.4) is 0 Å². The summed E-state index contributed by atoms with van der Waals surface area (Å²) in [6, 6.07) is 5.99. The molecule has 0 bridgehead atoms. The summed E-state index contributed by atoms with van der Waals surface area (Å²) in [6.07, 6.45) is 6.26. The smallest absolute Gasteiger partial charge is 0.248 e. The van der Waals surface area contributed by atoms with Crippen molar-refractivity contribution in [1.29, 1.82) is 0 Å². The summed E-state index contributed by atoms with van der Waals surface area (Å²) in [5.41, 5.74) is 0.873. The van der Waals surface area contributed by atoms with Crippen molar-refractivity contribution in [3.05, 3.63) is 35.6 Å². The maximum atomic E-state index is 13.2. The van der Waals surface area contributed by atoms with Crippen LogP contribution < -0.4 is 0 Å². The lowest BCUT2D eigenvalue weighted by atomic mass is 10.0. The van der Waals surface area contributed by atoms with Gasteiger partial charge in [0.2, 0.25) is 5.91 Å². The first-order valence-corrected chi connectivity index (χ1v) is 12.6. The van der Waals surface area contributed by atoms with E-state index >= 15 is 0 Å². The highest BCUT2D eigenvalue weighted by Gasteiger charge is 2.48. The molecule has 28 heavy (non-hydrogen) atoms. The van der Waals surface area contributed by atoms with Crippen molar-refractivity contribution < 1.29 is 17.6 Å². The fourth-order valence-corrected chi connectivity index (χ4v) is 8.36. The van der Waals surface area contributed by atoms with Gasteiger partial charge in [-0.05, 0) is 30.0 Å². The Kier molecular flexibility index (Phi) is 5.78. The molecule has 152 valence electrons. The molecule has 4 rings (SSSR count). The Bertz CT molecular complexity index is 864. The van der Waals surface area contributed by atoms with Gasteiger partial charge in [0.1, 0.15) is 5.82 Å². The largest absolute Gasteiger partial charge is 0.342 e. The Hall–Kier alpha value is -1.41. The molecule has 0 spiro atoms. The zero-order valence-electron chi connectivity index (χ0n) is 15.7. The first-order chi connectivity index (χ1) is 13.4. The topological polar surface area (TPSA) is 66.8 Å². The van der Waals surface area contributed by atoms with Crippen molar-refractivity contribution in [2.75, 3.05) is 11.5 Å². The highest BCUT2D eigenvalue weighted by molar-refractivity contribution is 8.15. The molecule has 1 aliphatic carbocycles. The minimum Gasteiger partial charge on any atom is -0.342 e. The van der Waals surface area contributed by atoms with E-state index in [1.165, 1.54) is 49.6 Å². The monoisotopic (exact) mass is 424 g/mol. The molecule has 1 aromatic rings. The Labute approximate surface area is 169 Å². The van der Waals surface area contributed by atoms with Crippen molar-refractivity contribution in [1.82, 2.24) is 4.90 Å². The van der Waals surface area contributed by atoms with Gasteiger partial charge >= 0.3 is 0 Å². The Balaban J connectivity index is 1.49. The van der Waals surface area contributed by atoms with E-state index in [9.17, 15) is 17.6 Å². The van der Waals surface area contributed by atoms with Crippen molar-refractivity contribution in [3.63, 3.8) is 0 Å². The number of sulfone groups is 1. The minimum atomic E-state index is -3.07. The molecule has 2 heterocycles. The zero-order chi connectivity index (χ0) is 19.7. The maximum Gasteiger partial charge on any atom is 0.248 e. The lowest BCUT2D eigenvalue weighted by Gasteiger charge is -2.24. The summed E-state index contributed by atoms with van der Waals surface area (Å²) in [7, 11) is -3.07. The molecule has 3 aliphatic rings. The Morgan fingerprint density at radius 2 is 1.89 bits per heavy atom. The maximum absolute atomic E-state index is 13.2. The van der Waals surface area contributed by atoms with Crippen LogP contribution in [-0.4, -0.2) is 47.2 Å². The molecule has 8 heteroatoms. The average Bonchev–Trinajstić information content (AvgIpc) is 3.32. The van der Waals surface area contributed by atoms with Crippen molar-refractivity contribution >= 4 is 32.7 Å². The second-order valence-electron chi connectivity index (χ2n) is 8.03. The minimum absolute atomic E-state index is 0.0845. The fourth-order valence-electron chi connectivity index (χ4n) is 4.40. The van der Waals surface area contributed by atoms with Crippen LogP contribution >= 0.6 is 11.8 Å². The zero-order valence-corrected chi connectivity index (χ0v) is 17.4. The Morgan fingerprint density at radius 1 is 1.18 bits per heavy atom. The lowest BCUT2D eigenvalue weighted by Crippen LogP contribution is -2.37. The summed E-state index contributed by atoms with van der Waals surface area (Å²) < 4.78 is 37.4. The average molecular weight is 425 g/mol. The number of fused-ring (bicyclic) bond motifs is 1. The number of amidine groups is 1. The molecule has 0 radical (unpaired) electrons. The first-order valence-electron chi connectivity index (χ1n) is 9.89. The van der Waals surface area contributed by atoms with E-state index in [1.54, 1.807) is 12.1 Å². The predicted octanol–water partition coefficient (Wildman–Crippen LogP) is 3.39.